The molecule has 0 amide bonds. The Labute approximate surface area is 129 Å². The van der Waals surface area contributed by atoms with Crippen molar-refractivity contribution in [2.24, 2.45) is 0 Å². The number of aromatic nitrogens is 3. The predicted octanol–water partition coefficient (Wildman–Crippen LogP) is 3.49. The molecule has 2 aromatic heterocycles. The van der Waals surface area contributed by atoms with Crippen LogP contribution in [0.2, 0.25) is 10.0 Å². The summed E-state index contributed by atoms with van der Waals surface area (Å²) in [6, 6.07) is 6.82. The van der Waals surface area contributed by atoms with Gasteiger partial charge >= 0.3 is 5.97 Å². The number of nitrogens with zero attached hydrogens (tertiary/aromatic N) is 3. The van der Waals surface area contributed by atoms with Gasteiger partial charge in [-0.25, -0.2) is 4.98 Å². The minimum Gasteiger partial charge on any atom is -0.480 e. The van der Waals surface area contributed by atoms with Gasteiger partial charge in [0, 0.05) is 18.0 Å². The van der Waals surface area contributed by atoms with Crippen LogP contribution in [-0.4, -0.2) is 25.6 Å². The highest BCUT2D eigenvalue weighted by Gasteiger charge is 2.16. The average molecular weight is 322 g/mol. The standard InChI is InChI=1S/C14H9Cl2N3O2/c15-9-4-11-12(5-10(9)16)19(7-13(20)21)14(18-11)8-2-1-3-17-6-8/h1-6H,7H2,(H,20,21). The third-order valence-electron chi connectivity index (χ3n) is 3.00. The smallest absolute Gasteiger partial charge is 0.323 e. The van der Waals surface area contributed by atoms with E-state index in [-0.39, 0.29) is 6.54 Å². The van der Waals surface area contributed by atoms with Crippen LogP contribution in [0, 0.1) is 0 Å². The van der Waals surface area contributed by atoms with Crippen LogP contribution in [0.3, 0.4) is 0 Å². The summed E-state index contributed by atoms with van der Waals surface area (Å²) in [4.78, 5) is 19.6. The van der Waals surface area contributed by atoms with Crippen LogP contribution in [0.15, 0.2) is 36.7 Å². The van der Waals surface area contributed by atoms with Crippen LogP contribution in [0.5, 0.6) is 0 Å². The molecule has 106 valence electrons. The Bertz CT molecular complexity index is 831. The Morgan fingerprint density at radius 2 is 2.05 bits per heavy atom. The molecular formula is C14H9Cl2N3O2. The van der Waals surface area contributed by atoms with Crippen molar-refractivity contribution in [1.82, 2.24) is 14.5 Å². The summed E-state index contributed by atoms with van der Waals surface area (Å²) in [5.41, 5.74) is 1.93. The second-order valence-corrected chi connectivity index (χ2v) is 5.23. The fraction of sp³-hybridized carbons (Fsp3) is 0.0714. The van der Waals surface area contributed by atoms with Crippen LogP contribution in [-0.2, 0) is 11.3 Å². The highest BCUT2D eigenvalue weighted by molar-refractivity contribution is 6.42. The maximum atomic E-state index is 11.1. The third-order valence-corrected chi connectivity index (χ3v) is 3.73. The zero-order chi connectivity index (χ0) is 15.0. The SMILES string of the molecule is O=C(O)Cn1c(-c2cccnc2)nc2cc(Cl)c(Cl)cc21. The van der Waals surface area contributed by atoms with Gasteiger partial charge in [-0.15, -0.1) is 0 Å². The molecule has 5 nitrogen and oxygen atoms in total. The molecule has 0 spiro atoms. The molecule has 3 rings (SSSR count). The molecule has 0 saturated heterocycles. The lowest BCUT2D eigenvalue weighted by atomic mass is 10.2. The molecule has 0 unspecified atom stereocenters. The number of imidazole rings is 1. The summed E-state index contributed by atoms with van der Waals surface area (Å²) in [7, 11) is 0. The fourth-order valence-corrected chi connectivity index (χ4v) is 2.45. The van der Waals surface area contributed by atoms with Gasteiger partial charge in [0.15, 0.2) is 0 Å². The maximum Gasteiger partial charge on any atom is 0.323 e. The van der Waals surface area contributed by atoms with Gasteiger partial charge in [-0.05, 0) is 24.3 Å². The number of hydrogen-bond donors (Lipinski definition) is 1. The number of benzene rings is 1. The lowest BCUT2D eigenvalue weighted by Crippen LogP contribution is -2.10. The summed E-state index contributed by atoms with van der Waals surface area (Å²) < 4.78 is 1.58. The Kier molecular flexibility index (Phi) is 3.53. The molecule has 3 aromatic rings. The number of aliphatic carboxylic acids is 1. The van der Waals surface area contributed by atoms with Gasteiger partial charge in [-0.2, -0.15) is 0 Å². The lowest BCUT2D eigenvalue weighted by Gasteiger charge is -2.06. The van der Waals surface area contributed by atoms with E-state index >= 15 is 0 Å². The molecule has 0 saturated carbocycles. The van der Waals surface area contributed by atoms with Crippen molar-refractivity contribution in [2.45, 2.75) is 6.54 Å². The summed E-state index contributed by atoms with van der Waals surface area (Å²) in [5, 5.41) is 9.85. The van der Waals surface area contributed by atoms with Gasteiger partial charge in [0.05, 0.1) is 21.1 Å². The number of carbonyl (C=O) groups is 1. The molecule has 0 aliphatic carbocycles. The maximum absolute atomic E-state index is 11.1. The van der Waals surface area contributed by atoms with E-state index in [0.29, 0.717) is 26.9 Å². The monoisotopic (exact) mass is 321 g/mol. The Morgan fingerprint density at radius 1 is 1.29 bits per heavy atom. The predicted molar refractivity (Wildman–Crippen MR) is 80.6 cm³/mol. The number of carboxylic acid groups (broad SMARTS) is 1. The number of halogens is 2. The van der Waals surface area contributed by atoms with E-state index in [1.807, 2.05) is 6.07 Å². The summed E-state index contributed by atoms with van der Waals surface area (Å²) in [6.07, 6.45) is 3.27. The molecule has 0 aliphatic rings. The van der Waals surface area contributed by atoms with Crippen LogP contribution in [0.25, 0.3) is 22.4 Å². The van der Waals surface area contributed by atoms with Crippen molar-refractivity contribution >= 4 is 40.2 Å². The minimum absolute atomic E-state index is 0.224. The van der Waals surface area contributed by atoms with Gasteiger partial charge in [-0.1, -0.05) is 23.2 Å². The number of pyridine rings is 1. The van der Waals surface area contributed by atoms with Gasteiger partial charge < -0.3 is 9.67 Å². The number of hydrogen-bond acceptors (Lipinski definition) is 3. The molecule has 0 aliphatic heterocycles. The van der Waals surface area contributed by atoms with Gasteiger partial charge in [0.1, 0.15) is 12.4 Å². The van der Waals surface area contributed by atoms with E-state index in [0.717, 1.165) is 5.56 Å². The number of rotatable bonds is 3. The van der Waals surface area contributed by atoms with Crippen molar-refractivity contribution < 1.29 is 9.90 Å². The van der Waals surface area contributed by atoms with Gasteiger partial charge in [0.25, 0.3) is 0 Å². The van der Waals surface area contributed by atoms with Crippen LogP contribution >= 0.6 is 23.2 Å². The zero-order valence-electron chi connectivity index (χ0n) is 10.6. The average Bonchev–Trinajstić information content (AvgIpc) is 2.78. The second-order valence-electron chi connectivity index (χ2n) is 4.41. The number of carboxylic acids is 1. The first-order valence-electron chi connectivity index (χ1n) is 6.04. The largest absolute Gasteiger partial charge is 0.480 e. The van der Waals surface area contributed by atoms with E-state index in [1.165, 1.54) is 0 Å². The summed E-state index contributed by atoms with van der Waals surface area (Å²) in [5.74, 6) is -0.454. The normalized spacial score (nSPS) is 11.0. The molecular weight excluding hydrogens is 313 g/mol. The van der Waals surface area contributed by atoms with Crippen molar-refractivity contribution in [1.29, 1.82) is 0 Å². The molecule has 2 heterocycles. The Morgan fingerprint density at radius 3 is 2.71 bits per heavy atom. The van der Waals surface area contributed by atoms with Gasteiger partial charge in [-0.3, -0.25) is 9.78 Å². The van der Waals surface area contributed by atoms with Crippen molar-refractivity contribution in [3.8, 4) is 11.4 Å². The zero-order valence-corrected chi connectivity index (χ0v) is 12.1. The Hall–Kier alpha value is -2.11. The quantitative estimate of drug-likeness (QED) is 0.801. The van der Waals surface area contributed by atoms with Crippen LogP contribution in [0.4, 0.5) is 0 Å². The summed E-state index contributed by atoms with van der Waals surface area (Å²) in [6.45, 7) is -0.224. The Balaban J connectivity index is 2.30. The van der Waals surface area contributed by atoms with Crippen molar-refractivity contribution in [3.05, 3.63) is 46.7 Å². The molecule has 1 N–H and O–H groups in total. The van der Waals surface area contributed by atoms with E-state index in [1.54, 1.807) is 35.2 Å². The van der Waals surface area contributed by atoms with E-state index < -0.39 is 5.97 Å². The van der Waals surface area contributed by atoms with Crippen LogP contribution in [0.1, 0.15) is 0 Å². The molecule has 7 heteroatoms. The lowest BCUT2D eigenvalue weighted by molar-refractivity contribution is -0.137. The van der Waals surface area contributed by atoms with Crippen molar-refractivity contribution in [3.63, 3.8) is 0 Å². The molecule has 1 aromatic carbocycles. The van der Waals surface area contributed by atoms with Crippen molar-refractivity contribution in [2.75, 3.05) is 0 Å². The second kappa shape index (κ2) is 5.35. The first-order chi connectivity index (χ1) is 10.1. The van der Waals surface area contributed by atoms with Gasteiger partial charge in [0.2, 0.25) is 0 Å². The topological polar surface area (TPSA) is 68.0 Å². The molecule has 0 bridgehead atoms. The highest BCUT2D eigenvalue weighted by atomic mass is 35.5. The van der Waals surface area contributed by atoms with E-state index in [4.69, 9.17) is 28.3 Å². The number of fused-ring (bicyclic) bond motifs is 1. The first kappa shape index (κ1) is 13.9. The highest BCUT2D eigenvalue weighted by Crippen LogP contribution is 2.31. The fourth-order valence-electron chi connectivity index (χ4n) is 2.13. The molecule has 0 radical (unpaired) electrons. The van der Waals surface area contributed by atoms with E-state index in [2.05, 4.69) is 9.97 Å². The molecule has 21 heavy (non-hydrogen) atoms. The summed E-state index contributed by atoms with van der Waals surface area (Å²) >= 11 is 12.0. The minimum atomic E-state index is -0.967. The van der Waals surface area contributed by atoms with Crippen LogP contribution < -0.4 is 0 Å². The van der Waals surface area contributed by atoms with E-state index in [9.17, 15) is 4.79 Å². The molecule has 0 atom stereocenters. The molecule has 0 fully saturated rings. The first-order valence-corrected chi connectivity index (χ1v) is 6.79. The third kappa shape index (κ3) is 2.57.